The lowest BCUT2D eigenvalue weighted by atomic mass is 10.2. The first kappa shape index (κ1) is 13.7. The van der Waals surface area contributed by atoms with Crippen LogP contribution in [0.5, 0.6) is 0 Å². The fourth-order valence-electron chi connectivity index (χ4n) is 1.73. The van der Waals surface area contributed by atoms with Gasteiger partial charge in [-0.2, -0.15) is 5.26 Å². The minimum absolute atomic E-state index is 0.0194. The lowest BCUT2D eigenvalue weighted by Gasteiger charge is -2.36. The van der Waals surface area contributed by atoms with E-state index in [1.54, 1.807) is 0 Å². The molecular formula is C10H17N3O4. The first-order valence-corrected chi connectivity index (χ1v) is 5.49. The van der Waals surface area contributed by atoms with Crippen LogP contribution in [0.15, 0.2) is 0 Å². The highest BCUT2D eigenvalue weighted by Gasteiger charge is 2.28. The van der Waals surface area contributed by atoms with Crippen LogP contribution in [0, 0.1) is 11.3 Å². The number of aliphatic hydroxyl groups excluding tert-OH is 1. The summed E-state index contributed by atoms with van der Waals surface area (Å²) < 4.78 is 5.12. The minimum Gasteiger partial charge on any atom is -0.465 e. The van der Waals surface area contributed by atoms with Crippen molar-refractivity contribution in [3.8, 4) is 6.07 Å². The molecule has 17 heavy (non-hydrogen) atoms. The number of nitrogens with zero attached hydrogens (tertiary/aromatic N) is 3. The van der Waals surface area contributed by atoms with Crippen molar-refractivity contribution < 1.29 is 19.7 Å². The number of hydrogen-bond donors (Lipinski definition) is 2. The van der Waals surface area contributed by atoms with Crippen molar-refractivity contribution in [1.29, 1.82) is 5.26 Å². The van der Waals surface area contributed by atoms with Crippen LogP contribution in [0.2, 0.25) is 0 Å². The predicted octanol–water partition coefficient (Wildman–Crippen LogP) is -0.817. The summed E-state index contributed by atoms with van der Waals surface area (Å²) in [4.78, 5) is 13.9. The van der Waals surface area contributed by atoms with Crippen molar-refractivity contribution in [3.05, 3.63) is 0 Å². The Labute approximate surface area is 99.8 Å². The molecule has 2 N–H and O–H groups in total. The van der Waals surface area contributed by atoms with E-state index in [2.05, 4.69) is 6.07 Å². The summed E-state index contributed by atoms with van der Waals surface area (Å²) in [6, 6.07) is 1.68. The van der Waals surface area contributed by atoms with Gasteiger partial charge in [-0.15, -0.1) is 0 Å². The summed E-state index contributed by atoms with van der Waals surface area (Å²) in [6.07, 6.45) is -0.985. The maximum atomic E-state index is 10.8. The quantitative estimate of drug-likeness (QED) is 0.612. The van der Waals surface area contributed by atoms with Crippen molar-refractivity contribution in [2.45, 2.75) is 6.04 Å². The van der Waals surface area contributed by atoms with Gasteiger partial charge in [-0.3, -0.25) is 4.90 Å². The SMILES string of the molecule is N#CC1CN(C(=O)O)CCN1CCOCCO. The van der Waals surface area contributed by atoms with Gasteiger partial charge in [0.05, 0.1) is 32.4 Å². The third kappa shape index (κ3) is 4.19. The lowest BCUT2D eigenvalue weighted by molar-refractivity contribution is 0.0448. The Balaban J connectivity index is 2.36. The average molecular weight is 243 g/mol. The fourth-order valence-corrected chi connectivity index (χ4v) is 1.73. The van der Waals surface area contributed by atoms with Crippen molar-refractivity contribution in [3.63, 3.8) is 0 Å². The number of aliphatic hydroxyl groups is 1. The molecule has 0 aromatic heterocycles. The van der Waals surface area contributed by atoms with Crippen LogP contribution in [-0.2, 0) is 4.74 Å². The van der Waals surface area contributed by atoms with Crippen LogP contribution in [0.3, 0.4) is 0 Å². The molecule has 1 saturated heterocycles. The van der Waals surface area contributed by atoms with Crippen molar-refractivity contribution in [2.75, 3.05) is 46.0 Å². The van der Waals surface area contributed by atoms with E-state index in [1.807, 2.05) is 4.90 Å². The third-order valence-electron chi connectivity index (χ3n) is 2.67. The highest BCUT2D eigenvalue weighted by atomic mass is 16.5. The van der Waals surface area contributed by atoms with Gasteiger partial charge in [0.2, 0.25) is 0 Å². The molecule has 7 nitrogen and oxygen atoms in total. The first-order valence-electron chi connectivity index (χ1n) is 5.49. The molecule has 7 heteroatoms. The van der Waals surface area contributed by atoms with Gasteiger partial charge in [0, 0.05) is 19.6 Å². The zero-order valence-electron chi connectivity index (χ0n) is 9.58. The van der Waals surface area contributed by atoms with Crippen molar-refractivity contribution in [2.24, 2.45) is 0 Å². The van der Waals surface area contributed by atoms with Gasteiger partial charge in [0.1, 0.15) is 6.04 Å². The van der Waals surface area contributed by atoms with E-state index in [1.165, 1.54) is 4.90 Å². The van der Waals surface area contributed by atoms with E-state index >= 15 is 0 Å². The van der Waals surface area contributed by atoms with Gasteiger partial charge in [0.25, 0.3) is 0 Å². The lowest BCUT2D eigenvalue weighted by Crippen LogP contribution is -2.54. The van der Waals surface area contributed by atoms with Crippen LogP contribution in [0.25, 0.3) is 0 Å². The van der Waals surface area contributed by atoms with E-state index in [-0.39, 0.29) is 19.8 Å². The number of rotatable bonds is 5. The number of ether oxygens (including phenoxy) is 1. The van der Waals surface area contributed by atoms with Gasteiger partial charge in [0.15, 0.2) is 0 Å². The van der Waals surface area contributed by atoms with Gasteiger partial charge < -0.3 is 19.8 Å². The Bertz CT molecular complexity index is 292. The summed E-state index contributed by atoms with van der Waals surface area (Å²) in [5.74, 6) is 0. The first-order chi connectivity index (χ1) is 8.19. The molecule has 0 bridgehead atoms. The van der Waals surface area contributed by atoms with E-state index in [9.17, 15) is 4.79 Å². The number of piperazine rings is 1. The Morgan fingerprint density at radius 3 is 2.82 bits per heavy atom. The maximum absolute atomic E-state index is 10.8. The Morgan fingerprint density at radius 2 is 2.24 bits per heavy atom. The highest BCUT2D eigenvalue weighted by Crippen LogP contribution is 2.09. The van der Waals surface area contributed by atoms with E-state index < -0.39 is 12.1 Å². The molecule has 0 radical (unpaired) electrons. The summed E-state index contributed by atoms with van der Waals surface area (Å²) >= 11 is 0. The van der Waals surface area contributed by atoms with Crippen LogP contribution < -0.4 is 0 Å². The summed E-state index contributed by atoms with van der Waals surface area (Å²) in [5.41, 5.74) is 0. The molecule has 96 valence electrons. The van der Waals surface area contributed by atoms with E-state index in [0.29, 0.717) is 26.2 Å². The molecule has 1 unspecified atom stereocenters. The zero-order chi connectivity index (χ0) is 12.7. The molecule has 1 aliphatic heterocycles. The molecule has 1 amide bonds. The molecule has 1 heterocycles. The van der Waals surface area contributed by atoms with Gasteiger partial charge in [-0.05, 0) is 0 Å². The van der Waals surface area contributed by atoms with Gasteiger partial charge in [-0.25, -0.2) is 4.79 Å². The predicted molar refractivity (Wildman–Crippen MR) is 58.5 cm³/mol. The molecular weight excluding hydrogens is 226 g/mol. The normalized spacial score (nSPS) is 21.2. The summed E-state index contributed by atoms with van der Waals surface area (Å²) in [5, 5.41) is 26.3. The monoisotopic (exact) mass is 243 g/mol. The minimum atomic E-state index is -0.985. The number of hydrogen-bond acceptors (Lipinski definition) is 5. The molecule has 0 saturated carbocycles. The molecule has 1 fully saturated rings. The number of amides is 1. The second-order valence-electron chi connectivity index (χ2n) is 3.75. The van der Waals surface area contributed by atoms with Crippen molar-refractivity contribution >= 4 is 6.09 Å². The smallest absolute Gasteiger partial charge is 0.407 e. The van der Waals surface area contributed by atoms with Crippen LogP contribution in [0.4, 0.5) is 4.79 Å². The fraction of sp³-hybridized carbons (Fsp3) is 0.800. The number of carbonyl (C=O) groups is 1. The van der Waals surface area contributed by atoms with E-state index in [0.717, 1.165) is 0 Å². The molecule has 1 rings (SSSR count). The zero-order valence-corrected chi connectivity index (χ0v) is 9.58. The topological polar surface area (TPSA) is 97.0 Å². The van der Waals surface area contributed by atoms with Gasteiger partial charge in [-0.1, -0.05) is 0 Å². The summed E-state index contributed by atoms with van der Waals surface area (Å²) in [6.45, 7) is 2.44. The second-order valence-corrected chi connectivity index (χ2v) is 3.75. The van der Waals surface area contributed by atoms with Crippen LogP contribution in [0.1, 0.15) is 0 Å². The molecule has 0 spiro atoms. The van der Waals surface area contributed by atoms with Crippen molar-refractivity contribution in [1.82, 2.24) is 9.80 Å². The van der Waals surface area contributed by atoms with Crippen LogP contribution >= 0.6 is 0 Å². The Morgan fingerprint density at radius 1 is 1.47 bits per heavy atom. The largest absolute Gasteiger partial charge is 0.465 e. The Kier molecular flexibility index (Phi) is 5.69. The summed E-state index contributed by atoms with van der Waals surface area (Å²) in [7, 11) is 0. The molecule has 1 aliphatic rings. The molecule has 0 aromatic carbocycles. The Hall–Kier alpha value is -1.36. The highest BCUT2D eigenvalue weighted by molar-refractivity contribution is 5.65. The maximum Gasteiger partial charge on any atom is 0.407 e. The third-order valence-corrected chi connectivity index (χ3v) is 2.67. The molecule has 1 atom stereocenters. The van der Waals surface area contributed by atoms with Gasteiger partial charge >= 0.3 is 6.09 Å². The average Bonchev–Trinajstić information content (AvgIpc) is 2.34. The molecule has 0 aromatic rings. The second kappa shape index (κ2) is 7.06. The van der Waals surface area contributed by atoms with Crippen LogP contribution in [-0.4, -0.2) is 78.1 Å². The number of nitriles is 1. The van der Waals surface area contributed by atoms with E-state index in [4.69, 9.17) is 20.2 Å². The number of carboxylic acid groups (broad SMARTS) is 1. The standard InChI is InChI=1S/C10H17N3O4/c11-7-9-8-13(10(15)16)2-1-12(9)3-5-17-6-4-14/h9,14H,1-6,8H2,(H,15,16). The molecule has 0 aliphatic carbocycles.